The van der Waals surface area contributed by atoms with Crippen LogP contribution in [0.15, 0.2) is 78.9 Å². The van der Waals surface area contributed by atoms with Gasteiger partial charge in [0.25, 0.3) is 11.8 Å². The van der Waals surface area contributed by atoms with Crippen LogP contribution < -0.4 is 0 Å². The van der Waals surface area contributed by atoms with Gasteiger partial charge in [0.15, 0.2) is 0 Å². The highest BCUT2D eigenvalue weighted by Gasteiger charge is 2.34. The summed E-state index contributed by atoms with van der Waals surface area (Å²) in [5, 5.41) is 0. The Kier molecular flexibility index (Phi) is 4.81. The number of hydrogen-bond donors (Lipinski definition) is 0. The Labute approximate surface area is 158 Å². The summed E-state index contributed by atoms with van der Waals surface area (Å²) in [6, 6.07) is 24.8. The number of carbonyl (C=O) groups excluding carboxylic acids is 2. The van der Waals surface area contributed by atoms with E-state index >= 15 is 0 Å². The largest absolute Gasteiger partial charge is 0.372 e. The number of ether oxygens (including phenoxy) is 1. The van der Waals surface area contributed by atoms with Gasteiger partial charge in [0.2, 0.25) is 0 Å². The molecule has 0 spiro atoms. The minimum atomic E-state index is -0.235. The van der Waals surface area contributed by atoms with Crippen LogP contribution in [0.1, 0.15) is 37.4 Å². The zero-order chi connectivity index (χ0) is 18.6. The molecule has 4 heteroatoms. The maximum atomic E-state index is 12.5. The fraction of sp³-hybridized carbons (Fsp3) is 0.130. The Balaban J connectivity index is 1.41. The molecular weight excluding hydrogens is 338 g/mol. The second kappa shape index (κ2) is 7.56. The molecule has 0 N–H and O–H groups in total. The van der Waals surface area contributed by atoms with Crippen molar-refractivity contribution in [1.82, 2.24) is 4.90 Å². The molecule has 0 saturated heterocycles. The zero-order valence-corrected chi connectivity index (χ0v) is 14.8. The van der Waals surface area contributed by atoms with E-state index in [1.807, 2.05) is 54.6 Å². The van der Waals surface area contributed by atoms with Crippen LogP contribution in [0, 0.1) is 0 Å². The highest BCUT2D eigenvalue weighted by Crippen LogP contribution is 2.24. The predicted octanol–water partition coefficient (Wildman–Crippen LogP) is 4.20. The van der Waals surface area contributed by atoms with Crippen LogP contribution in [0.4, 0.5) is 0 Å². The van der Waals surface area contributed by atoms with Crippen LogP contribution in [0.3, 0.4) is 0 Å². The molecule has 0 unspecified atom stereocenters. The summed E-state index contributed by atoms with van der Waals surface area (Å²) in [5.41, 5.74) is 4.00. The van der Waals surface area contributed by atoms with E-state index in [1.165, 1.54) is 4.90 Å². The monoisotopic (exact) mass is 357 g/mol. The Morgan fingerprint density at radius 1 is 0.630 bits per heavy atom. The number of fused-ring (bicyclic) bond motifs is 1. The summed E-state index contributed by atoms with van der Waals surface area (Å²) >= 11 is 0. The first-order valence-electron chi connectivity index (χ1n) is 8.87. The summed E-state index contributed by atoms with van der Waals surface area (Å²) in [5.74, 6) is -0.470. The number of hydrogen-bond acceptors (Lipinski definition) is 3. The second-order valence-corrected chi connectivity index (χ2v) is 6.54. The Morgan fingerprint density at radius 3 is 1.89 bits per heavy atom. The van der Waals surface area contributed by atoms with E-state index in [0.29, 0.717) is 24.3 Å². The summed E-state index contributed by atoms with van der Waals surface area (Å²) in [4.78, 5) is 26.3. The lowest BCUT2D eigenvalue weighted by Gasteiger charge is -2.14. The summed E-state index contributed by atoms with van der Waals surface area (Å²) in [6.07, 6.45) is 0. The van der Waals surface area contributed by atoms with Crippen molar-refractivity contribution in [3.63, 3.8) is 0 Å². The minimum Gasteiger partial charge on any atom is -0.372 e. The van der Waals surface area contributed by atoms with Crippen LogP contribution >= 0.6 is 0 Å². The molecule has 2 amide bonds. The molecular formula is C23H19NO3. The van der Waals surface area contributed by atoms with E-state index in [1.54, 1.807) is 24.3 Å². The van der Waals surface area contributed by atoms with Crippen molar-refractivity contribution in [3.8, 4) is 0 Å². The third-order valence-electron chi connectivity index (χ3n) is 4.59. The van der Waals surface area contributed by atoms with Gasteiger partial charge in [-0.15, -0.1) is 0 Å². The summed E-state index contributed by atoms with van der Waals surface area (Å²) in [6.45, 7) is 1.28. The average molecular weight is 357 g/mol. The molecule has 4 nitrogen and oxygen atoms in total. The highest BCUT2D eigenvalue weighted by atomic mass is 16.5. The van der Waals surface area contributed by atoms with Crippen LogP contribution in [-0.4, -0.2) is 16.7 Å². The Morgan fingerprint density at radius 2 is 1.19 bits per heavy atom. The van der Waals surface area contributed by atoms with Crippen molar-refractivity contribution in [2.45, 2.75) is 19.8 Å². The van der Waals surface area contributed by atoms with Crippen LogP contribution in [0.2, 0.25) is 0 Å². The lowest BCUT2D eigenvalue weighted by molar-refractivity contribution is 0.0642. The van der Waals surface area contributed by atoms with Crippen molar-refractivity contribution in [2.75, 3.05) is 0 Å². The number of carbonyl (C=O) groups is 2. The smallest absolute Gasteiger partial charge is 0.261 e. The van der Waals surface area contributed by atoms with Crippen molar-refractivity contribution in [1.29, 1.82) is 0 Å². The molecule has 1 aliphatic rings. The van der Waals surface area contributed by atoms with E-state index in [9.17, 15) is 9.59 Å². The van der Waals surface area contributed by atoms with Crippen molar-refractivity contribution >= 4 is 11.8 Å². The highest BCUT2D eigenvalue weighted by molar-refractivity contribution is 6.21. The second-order valence-electron chi connectivity index (χ2n) is 6.54. The number of nitrogens with zero attached hydrogens (tertiary/aromatic N) is 1. The Hall–Kier alpha value is -3.24. The van der Waals surface area contributed by atoms with Gasteiger partial charge in [-0.3, -0.25) is 14.5 Å². The number of rotatable bonds is 6. The van der Waals surface area contributed by atoms with Gasteiger partial charge < -0.3 is 4.74 Å². The molecule has 0 saturated carbocycles. The third kappa shape index (κ3) is 3.66. The van der Waals surface area contributed by atoms with E-state index in [-0.39, 0.29) is 18.4 Å². The molecule has 3 aromatic carbocycles. The fourth-order valence-electron chi connectivity index (χ4n) is 3.24. The molecule has 3 aromatic rings. The molecule has 0 radical (unpaired) electrons. The molecule has 134 valence electrons. The average Bonchev–Trinajstić information content (AvgIpc) is 2.94. The predicted molar refractivity (Wildman–Crippen MR) is 102 cm³/mol. The summed E-state index contributed by atoms with van der Waals surface area (Å²) in [7, 11) is 0. The van der Waals surface area contributed by atoms with Crippen molar-refractivity contribution in [2.24, 2.45) is 0 Å². The lowest BCUT2D eigenvalue weighted by Crippen LogP contribution is -2.29. The Bertz CT molecular complexity index is 947. The lowest BCUT2D eigenvalue weighted by atomic mass is 10.1. The van der Waals surface area contributed by atoms with Crippen molar-refractivity contribution in [3.05, 3.63) is 107 Å². The van der Waals surface area contributed by atoms with E-state index in [2.05, 4.69) is 0 Å². The van der Waals surface area contributed by atoms with Gasteiger partial charge in [-0.05, 0) is 28.8 Å². The quantitative estimate of drug-likeness (QED) is 0.621. The standard InChI is InChI=1S/C23H19NO3/c25-22-20-11-4-5-12-21(20)23(26)24(22)14-18-9-6-10-19(13-18)16-27-15-17-7-2-1-3-8-17/h1-13H,14-16H2. The number of imide groups is 1. The van der Waals surface area contributed by atoms with Gasteiger partial charge >= 0.3 is 0 Å². The van der Waals surface area contributed by atoms with Crippen LogP contribution in [0.25, 0.3) is 0 Å². The molecule has 0 fully saturated rings. The molecule has 4 rings (SSSR count). The first kappa shape index (κ1) is 17.2. The maximum Gasteiger partial charge on any atom is 0.261 e. The fourth-order valence-corrected chi connectivity index (χ4v) is 3.24. The third-order valence-corrected chi connectivity index (χ3v) is 4.59. The topological polar surface area (TPSA) is 46.6 Å². The molecule has 1 aliphatic heterocycles. The van der Waals surface area contributed by atoms with Crippen LogP contribution in [0.5, 0.6) is 0 Å². The van der Waals surface area contributed by atoms with Gasteiger partial charge in [-0.1, -0.05) is 66.7 Å². The van der Waals surface area contributed by atoms with Gasteiger partial charge in [0, 0.05) is 0 Å². The van der Waals surface area contributed by atoms with Gasteiger partial charge in [-0.25, -0.2) is 0 Å². The normalized spacial score (nSPS) is 13.1. The van der Waals surface area contributed by atoms with E-state index in [4.69, 9.17) is 4.74 Å². The maximum absolute atomic E-state index is 12.5. The van der Waals surface area contributed by atoms with Crippen molar-refractivity contribution < 1.29 is 14.3 Å². The van der Waals surface area contributed by atoms with Gasteiger partial charge in [0.05, 0.1) is 30.9 Å². The molecule has 0 atom stereocenters. The SMILES string of the molecule is O=C1c2ccccc2C(=O)N1Cc1cccc(COCc2ccccc2)c1. The molecule has 27 heavy (non-hydrogen) atoms. The first-order chi connectivity index (χ1) is 13.2. The molecule has 0 bridgehead atoms. The molecule has 1 heterocycles. The summed E-state index contributed by atoms with van der Waals surface area (Å²) < 4.78 is 5.78. The molecule has 0 aromatic heterocycles. The minimum absolute atomic E-state index is 0.235. The zero-order valence-electron chi connectivity index (χ0n) is 14.8. The first-order valence-corrected chi connectivity index (χ1v) is 8.87. The number of benzene rings is 3. The van der Waals surface area contributed by atoms with Crippen LogP contribution in [-0.2, 0) is 24.5 Å². The number of amides is 2. The van der Waals surface area contributed by atoms with E-state index in [0.717, 1.165) is 16.7 Å². The van der Waals surface area contributed by atoms with E-state index < -0.39 is 0 Å². The van der Waals surface area contributed by atoms with Gasteiger partial charge in [0.1, 0.15) is 0 Å². The van der Waals surface area contributed by atoms with Gasteiger partial charge in [-0.2, -0.15) is 0 Å². The molecule has 0 aliphatic carbocycles.